The number of ether oxygens (including phenoxy) is 1. The lowest BCUT2D eigenvalue weighted by Crippen LogP contribution is -2.52. The van der Waals surface area contributed by atoms with E-state index in [1.54, 1.807) is 36.7 Å². The Hall–Kier alpha value is -3.63. The summed E-state index contributed by atoms with van der Waals surface area (Å²) >= 11 is 0. The normalized spacial score (nSPS) is 28.0. The Morgan fingerprint density at radius 1 is 1.18 bits per heavy atom. The second-order valence-corrected chi connectivity index (χ2v) is 11.8. The van der Waals surface area contributed by atoms with Crippen LogP contribution in [0.1, 0.15) is 63.7 Å². The molecule has 1 aromatic carbocycles. The predicted molar refractivity (Wildman–Crippen MR) is 137 cm³/mol. The van der Waals surface area contributed by atoms with E-state index >= 15 is 0 Å². The van der Waals surface area contributed by atoms with Crippen LogP contribution in [0.25, 0.3) is 0 Å². The SMILES string of the molecule is CC1(C)CC(=O)N([C@@H](c2cccnc2)C2[C@H](C(=O)N[C@H]3CC(C(F)(F)F)Oc4ccccc43)C2(C)C)C(N)=N1. The first-order chi connectivity index (χ1) is 18.2. The van der Waals surface area contributed by atoms with Gasteiger partial charge in [0.2, 0.25) is 11.8 Å². The summed E-state index contributed by atoms with van der Waals surface area (Å²) in [6, 6.07) is 8.49. The molecular weight excluding hydrogens is 511 g/mol. The maximum absolute atomic E-state index is 13.7. The van der Waals surface area contributed by atoms with Crippen LogP contribution in [-0.2, 0) is 9.59 Å². The van der Waals surface area contributed by atoms with E-state index in [2.05, 4.69) is 15.3 Å². The van der Waals surface area contributed by atoms with Gasteiger partial charge in [-0.05, 0) is 37.0 Å². The molecule has 1 aromatic heterocycles. The van der Waals surface area contributed by atoms with Crippen molar-refractivity contribution >= 4 is 17.8 Å². The van der Waals surface area contributed by atoms with Gasteiger partial charge in [0, 0.05) is 36.2 Å². The molecule has 8 nitrogen and oxygen atoms in total. The molecule has 1 fully saturated rings. The third-order valence-electron chi connectivity index (χ3n) is 8.05. The highest BCUT2D eigenvalue weighted by molar-refractivity contribution is 5.99. The van der Waals surface area contributed by atoms with Gasteiger partial charge in [0.05, 0.1) is 24.0 Å². The zero-order valence-electron chi connectivity index (χ0n) is 22.2. The van der Waals surface area contributed by atoms with Gasteiger partial charge in [-0.25, -0.2) is 4.99 Å². The highest BCUT2D eigenvalue weighted by Crippen LogP contribution is 2.65. The van der Waals surface area contributed by atoms with Crippen molar-refractivity contribution in [2.75, 3.05) is 0 Å². The summed E-state index contributed by atoms with van der Waals surface area (Å²) < 4.78 is 46.1. The van der Waals surface area contributed by atoms with Gasteiger partial charge < -0.3 is 15.8 Å². The molecule has 0 bridgehead atoms. The van der Waals surface area contributed by atoms with Gasteiger partial charge in [-0.2, -0.15) is 13.2 Å². The van der Waals surface area contributed by atoms with Crippen LogP contribution in [0.15, 0.2) is 53.8 Å². The van der Waals surface area contributed by atoms with Crippen molar-refractivity contribution in [1.29, 1.82) is 0 Å². The number of alkyl halides is 3. The van der Waals surface area contributed by atoms with E-state index in [0.29, 0.717) is 11.1 Å². The quantitative estimate of drug-likeness (QED) is 0.585. The van der Waals surface area contributed by atoms with Crippen molar-refractivity contribution < 1.29 is 27.5 Å². The van der Waals surface area contributed by atoms with Crippen LogP contribution >= 0.6 is 0 Å². The van der Waals surface area contributed by atoms with Crippen molar-refractivity contribution in [3.63, 3.8) is 0 Å². The maximum Gasteiger partial charge on any atom is 0.425 e. The summed E-state index contributed by atoms with van der Waals surface area (Å²) in [7, 11) is 0. The molecule has 2 aliphatic heterocycles. The molecule has 2 amide bonds. The minimum absolute atomic E-state index is 0.0679. The largest absolute Gasteiger partial charge is 0.480 e. The van der Waals surface area contributed by atoms with Crippen LogP contribution in [0.5, 0.6) is 5.75 Å². The first-order valence-electron chi connectivity index (χ1n) is 12.9. The number of benzene rings is 1. The summed E-state index contributed by atoms with van der Waals surface area (Å²) in [5.74, 6) is -1.41. The Labute approximate surface area is 224 Å². The van der Waals surface area contributed by atoms with Crippen molar-refractivity contribution in [3.05, 3.63) is 59.9 Å². The lowest BCUT2D eigenvalue weighted by atomic mass is 9.93. The number of amides is 2. The second kappa shape index (κ2) is 9.24. The monoisotopic (exact) mass is 543 g/mol. The fraction of sp³-hybridized carbons (Fsp3) is 0.500. The number of fused-ring (bicyclic) bond motifs is 1. The van der Waals surface area contributed by atoms with Gasteiger partial charge in [0.25, 0.3) is 0 Å². The minimum Gasteiger partial charge on any atom is -0.480 e. The van der Waals surface area contributed by atoms with E-state index in [9.17, 15) is 22.8 Å². The Morgan fingerprint density at radius 3 is 2.54 bits per heavy atom. The highest BCUT2D eigenvalue weighted by Gasteiger charge is 2.67. The molecule has 208 valence electrons. The second-order valence-electron chi connectivity index (χ2n) is 11.8. The van der Waals surface area contributed by atoms with Crippen molar-refractivity contribution in [3.8, 4) is 5.75 Å². The van der Waals surface area contributed by atoms with Crippen LogP contribution in [0, 0.1) is 17.3 Å². The zero-order chi connectivity index (χ0) is 28.3. The number of nitrogens with two attached hydrogens (primary N) is 1. The molecule has 39 heavy (non-hydrogen) atoms. The minimum atomic E-state index is -4.58. The van der Waals surface area contributed by atoms with Crippen molar-refractivity contribution in [1.82, 2.24) is 15.2 Å². The van der Waals surface area contributed by atoms with E-state index in [1.807, 2.05) is 33.8 Å². The summed E-state index contributed by atoms with van der Waals surface area (Å²) in [5, 5.41) is 2.87. The van der Waals surface area contributed by atoms with Crippen LogP contribution < -0.4 is 15.8 Å². The van der Waals surface area contributed by atoms with Gasteiger partial charge in [0.15, 0.2) is 12.1 Å². The van der Waals surface area contributed by atoms with Crippen LogP contribution in [0.3, 0.4) is 0 Å². The molecule has 3 heterocycles. The van der Waals surface area contributed by atoms with Crippen LogP contribution in [0.2, 0.25) is 0 Å². The molecule has 0 spiro atoms. The van der Waals surface area contributed by atoms with Gasteiger partial charge in [-0.15, -0.1) is 0 Å². The Balaban J connectivity index is 1.46. The van der Waals surface area contributed by atoms with Gasteiger partial charge >= 0.3 is 6.18 Å². The van der Waals surface area contributed by atoms with Crippen molar-refractivity contribution in [2.45, 2.75) is 70.4 Å². The molecule has 5 rings (SSSR count). The number of nitrogens with zero attached hydrogens (tertiary/aromatic N) is 3. The number of pyridine rings is 1. The summed E-state index contributed by atoms with van der Waals surface area (Å²) in [6.45, 7) is 7.47. The number of rotatable bonds is 5. The molecule has 1 aliphatic carbocycles. The smallest absolute Gasteiger partial charge is 0.425 e. The third kappa shape index (κ3) is 4.94. The summed E-state index contributed by atoms with van der Waals surface area (Å²) in [4.78, 5) is 37.3. The average molecular weight is 544 g/mol. The lowest BCUT2D eigenvalue weighted by Gasteiger charge is -2.38. The Morgan fingerprint density at radius 2 is 1.90 bits per heavy atom. The number of aliphatic imine (C=N–C) groups is 1. The molecule has 3 N–H and O–H groups in total. The fourth-order valence-electron chi connectivity index (χ4n) is 6.14. The van der Waals surface area contributed by atoms with Crippen molar-refractivity contribution in [2.24, 2.45) is 28.0 Å². The van der Waals surface area contributed by atoms with Gasteiger partial charge in [-0.1, -0.05) is 38.1 Å². The van der Waals surface area contributed by atoms with E-state index in [1.165, 1.54) is 11.0 Å². The van der Waals surface area contributed by atoms with E-state index < -0.39 is 47.7 Å². The van der Waals surface area contributed by atoms with E-state index in [0.717, 1.165) is 0 Å². The standard InChI is InChI=1S/C28H32F3N5O3/c1-26(2)13-20(37)36(25(32)35-26)23(15-8-7-11-33-14-15)21-22(27(21,3)4)24(38)34-17-12-19(28(29,30)31)39-18-10-6-5-9-16(17)18/h5-11,14,17,19,21-23H,12-13H2,1-4H3,(H2,32,35)(H,34,38)/t17-,19?,21?,22+,23-/m0/s1. The Kier molecular flexibility index (Phi) is 6.38. The van der Waals surface area contributed by atoms with Gasteiger partial charge in [-0.3, -0.25) is 19.5 Å². The number of carbonyl (C=O) groups is 2. The average Bonchev–Trinajstić information content (AvgIpc) is 3.41. The predicted octanol–water partition coefficient (Wildman–Crippen LogP) is 4.29. The first-order valence-corrected chi connectivity index (χ1v) is 12.9. The van der Waals surface area contributed by atoms with Gasteiger partial charge in [0.1, 0.15) is 5.75 Å². The molecule has 11 heteroatoms. The summed E-state index contributed by atoms with van der Waals surface area (Å²) in [5.41, 5.74) is 6.28. The number of aromatic nitrogens is 1. The molecule has 0 saturated heterocycles. The molecule has 0 radical (unpaired) electrons. The number of nitrogens with one attached hydrogen (secondary N) is 1. The molecule has 2 unspecified atom stereocenters. The molecule has 3 aliphatic rings. The fourth-order valence-corrected chi connectivity index (χ4v) is 6.14. The maximum atomic E-state index is 13.7. The number of para-hydroxylation sites is 1. The van der Waals surface area contributed by atoms with Crippen LogP contribution in [0.4, 0.5) is 13.2 Å². The Bertz CT molecular complexity index is 1310. The number of halogens is 3. The highest BCUT2D eigenvalue weighted by atomic mass is 19.4. The summed E-state index contributed by atoms with van der Waals surface area (Å²) in [6.07, 6.45) is -3.66. The van der Waals surface area contributed by atoms with Crippen LogP contribution in [-0.4, -0.2) is 45.5 Å². The number of guanidine groups is 1. The third-order valence-corrected chi connectivity index (χ3v) is 8.05. The molecule has 5 atom stereocenters. The first kappa shape index (κ1) is 27.0. The number of hydrogen-bond acceptors (Lipinski definition) is 6. The number of carbonyl (C=O) groups excluding carboxylic acids is 2. The van der Waals surface area contributed by atoms with E-state index in [4.69, 9.17) is 10.5 Å². The topological polar surface area (TPSA) is 110 Å². The number of hydrogen-bond donors (Lipinski definition) is 2. The lowest BCUT2D eigenvalue weighted by molar-refractivity contribution is -0.201. The van der Waals surface area contributed by atoms with E-state index in [-0.39, 0.29) is 35.9 Å². The molecular formula is C28H32F3N5O3. The molecule has 1 saturated carbocycles. The molecule has 2 aromatic rings. The zero-order valence-corrected chi connectivity index (χ0v) is 22.2.